The molecule has 4 rings (SSSR count). The summed E-state index contributed by atoms with van der Waals surface area (Å²) < 4.78 is 34.6. The van der Waals surface area contributed by atoms with E-state index in [9.17, 15) is 18.0 Å². The van der Waals surface area contributed by atoms with Gasteiger partial charge in [-0.3, -0.25) is 13.9 Å². The van der Waals surface area contributed by atoms with Gasteiger partial charge in [0.25, 0.3) is 10.0 Å². The quantitative estimate of drug-likeness (QED) is 0.160. The minimum atomic E-state index is -4.23. The van der Waals surface area contributed by atoms with E-state index in [1.54, 1.807) is 54.6 Å². The topological polar surface area (TPSA) is 96.0 Å². The summed E-state index contributed by atoms with van der Waals surface area (Å²) in [5.74, 6) is -0.429. The summed E-state index contributed by atoms with van der Waals surface area (Å²) in [6.45, 7) is 3.66. The predicted octanol–water partition coefficient (Wildman–Crippen LogP) is 6.67. The van der Waals surface area contributed by atoms with Crippen LogP contribution in [0.25, 0.3) is 0 Å². The van der Waals surface area contributed by atoms with E-state index in [-0.39, 0.29) is 23.8 Å². The highest BCUT2D eigenvalue weighted by Gasteiger charge is 2.34. The first-order chi connectivity index (χ1) is 22.0. The smallest absolute Gasteiger partial charge is 0.264 e. The molecule has 4 aromatic rings. The molecule has 0 aliphatic rings. The van der Waals surface area contributed by atoms with Crippen LogP contribution in [0, 0.1) is 6.92 Å². The molecule has 8 nitrogen and oxygen atoms in total. The Morgan fingerprint density at radius 1 is 0.870 bits per heavy atom. The third-order valence-electron chi connectivity index (χ3n) is 7.41. The molecule has 0 unspecified atom stereocenters. The summed E-state index contributed by atoms with van der Waals surface area (Å²) in [7, 11) is -2.74. The van der Waals surface area contributed by atoms with E-state index in [1.165, 1.54) is 24.1 Å². The van der Waals surface area contributed by atoms with Crippen molar-refractivity contribution in [1.82, 2.24) is 10.2 Å². The molecule has 0 heterocycles. The molecule has 0 bridgehead atoms. The Labute approximate surface area is 280 Å². The maximum Gasteiger partial charge on any atom is 0.264 e. The van der Waals surface area contributed by atoms with Crippen molar-refractivity contribution in [2.24, 2.45) is 0 Å². The van der Waals surface area contributed by atoms with Gasteiger partial charge in [0.1, 0.15) is 18.3 Å². The van der Waals surface area contributed by atoms with Crippen molar-refractivity contribution in [3.8, 4) is 5.75 Å². The average Bonchev–Trinajstić information content (AvgIpc) is 3.06. The summed E-state index contributed by atoms with van der Waals surface area (Å²) in [4.78, 5) is 29.6. The fourth-order valence-electron chi connectivity index (χ4n) is 4.87. The fraction of sp³-hybridized carbons (Fsp3) is 0.257. The Morgan fingerprint density at radius 3 is 2.15 bits per heavy atom. The van der Waals surface area contributed by atoms with Gasteiger partial charge in [-0.25, -0.2) is 8.42 Å². The van der Waals surface area contributed by atoms with Crippen molar-refractivity contribution < 1.29 is 22.7 Å². The highest BCUT2D eigenvalue weighted by molar-refractivity contribution is 7.92. The molecule has 2 amide bonds. The van der Waals surface area contributed by atoms with Gasteiger partial charge in [-0.2, -0.15) is 0 Å². The third-order valence-corrected chi connectivity index (χ3v) is 9.93. The maximum absolute atomic E-state index is 14.5. The van der Waals surface area contributed by atoms with Crippen LogP contribution in [0.3, 0.4) is 0 Å². The number of ether oxygens (including phenoxy) is 1. The van der Waals surface area contributed by atoms with Crippen LogP contribution in [0.1, 0.15) is 30.0 Å². The Morgan fingerprint density at radius 2 is 1.54 bits per heavy atom. The van der Waals surface area contributed by atoms with Gasteiger partial charge in [0.15, 0.2) is 0 Å². The van der Waals surface area contributed by atoms with Crippen molar-refractivity contribution in [1.29, 1.82) is 0 Å². The minimum Gasteiger partial charge on any atom is -0.497 e. The van der Waals surface area contributed by atoms with Gasteiger partial charge in [0, 0.05) is 19.5 Å². The van der Waals surface area contributed by atoms with Gasteiger partial charge in [-0.05, 0) is 73.0 Å². The lowest BCUT2D eigenvalue weighted by molar-refractivity contribution is -0.140. The van der Waals surface area contributed by atoms with Crippen LogP contribution in [0.5, 0.6) is 5.75 Å². The number of amides is 2. The fourth-order valence-corrected chi connectivity index (χ4v) is 6.60. The van der Waals surface area contributed by atoms with Crippen LogP contribution in [0.15, 0.2) is 102 Å². The molecule has 0 aliphatic carbocycles. The largest absolute Gasteiger partial charge is 0.497 e. The van der Waals surface area contributed by atoms with E-state index >= 15 is 0 Å². The number of methoxy groups -OCH3 is 1. The van der Waals surface area contributed by atoms with Crippen molar-refractivity contribution in [2.75, 3.05) is 24.5 Å². The van der Waals surface area contributed by atoms with Gasteiger partial charge >= 0.3 is 0 Å². The van der Waals surface area contributed by atoms with Crippen molar-refractivity contribution in [3.05, 3.63) is 124 Å². The summed E-state index contributed by atoms with van der Waals surface area (Å²) in [6, 6.07) is 26.2. The zero-order valence-electron chi connectivity index (χ0n) is 26.0. The van der Waals surface area contributed by atoms with Gasteiger partial charge in [0.2, 0.25) is 11.8 Å². The number of carbonyl (C=O) groups is 2. The van der Waals surface area contributed by atoms with E-state index in [4.69, 9.17) is 27.9 Å². The first-order valence-electron chi connectivity index (χ1n) is 14.8. The second-order valence-corrected chi connectivity index (χ2v) is 13.5. The molecule has 0 saturated carbocycles. The van der Waals surface area contributed by atoms with Gasteiger partial charge in [-0.1, -0.05) is 84.2 Å². The molecular weight excluding hydrogens is 645 g/mol. The Bertz CT molecular complexity index is 1730. The number of nitrogens with zero attached hydrogens (tertiary/aromatic N) is 2. The molecule has 0 radical (unpaired) electrons. The second-order valence-electron chi connectivity index (χ2n) is 10.8. The van der Waals surface area contributed by atoms with E-state index in [1.807, 2.05) is 44.2 Å². The molecule has 0 aromatic heterocycles. The normalized spacial score (nSPS) is 11.8. The van der Waals surface area contributed by atoms with Crippen molar-refractivity contribution >= 4 is 50.7 Å². The van der Waals surface area contributed by atoms with Crippen molar-refractivity contribution in [2.45, 2.75) is 44.2 Å². The van der Waals surface area contributed by atoms with Crippen LogP contribution >= 0.6 is 23.2 Å². The van der Waals surface area contributed by atoms with Crippen LogP contribution < -0.4 is 14.4 Å². The number of aryl methyl sites for hydroxylation is 1. The number of sulfonamides is 1. The molecule has 4 aromatic carbocycles. The van der Waals surface area contributed by atoms with E-state index < -0.39 is 28.5 Å². The number of benzene rings is 4. The first kappa shape index (κ1) is 34.8. The molecule has 0 spiro atoms. The zero-order valence-corrected chi connectivity index (χ0v) is 28.3. The lowest BCUT2D eigenvalue weighted by atomic mass is 10.0. The maximum atomic E-state index is 14.5. The number of carbonyl (C=O) groups excluding carboxylic acids is 2. The SMILES string of the molecule is CCCNC(=O)[C@@H](Cc1ccccc1)N(Cc1ccc(Cl)c(Cl)c1)C(=O)CN(c1ccc(C)cc1)S(=O)(=O)c1ccc(OC)cc1. The van der Waals surface area contributed by atoms with Crippen LogP contribution in [0.2, 0.25) is 10.0 Å². The summed E-state index contributed by atoms with van der Waals surface area (Å²) in [6.07, 6.45) is 0.908. The zero-order chi connectivity index (χ0) is 33.3. The van der Waals surface area contributed by atoms with Crippen molar-refractivity contribution in [3.63, 3.8) is 0 Å². The van der Waals surface area contributed by atoms with Gasteiger partial charge in [-0.15, -0.1) is 0 Å². The predicted molar refractivity (Wildman–Crippen MR) is 183 cm³/mol. The van der Waals surface area contributed by atoms with Crippen LogP contribution in [-0.2, 0) is 32.6 Å². The molecule has 0 saturated heterocycles. The molecule has 0 fully saturated rings. The lowest BCUT2D eigenvalue weighted by Crippen LogP contribution is -2.53. The standard InChI is InChI=1S/C35H37Cl2N3O5S/c1-4-20-38-35(42)33(22-26-8-6-5-7-9-26)39(23-27-12-19-31(36)32(37)21-27)34(41)24-40(28-13-10-25(2)11-14-28)46(43,44)30-17-15-29(45-3)16-18-30/h5-19,21,33H,4,20,22-24H2,1-3H3,(H,38,42)/t33-/m1/s1. The Balaban J connectivity index is 1.80. The van der Waals surface area contributed by atoms with Crippen LogP contribution in [0.4, 0.5) is 5.69 Å². The molecule has 242 valence electrons. The number of anilines is 1. The highest BCUT2D eigenvalue weighted by atomic mass is 35.5. The van der Waals surface area contributed by atoms with Gasteiger partial charge in [0.05, 0.1) is 27.7 Å². The Hall–Kier alpha value is -4.05. The van der Waals surface area contributed by atoms with E-state index in [0.29, 0.717) is 40.0 Å². The number of rotatable bonds is 14. The summed E-state index contributed by atoms with van der Waals surface area (Å²) in [5, 5.41) is 3.57. The molecular formula is C35H37Cl2N3O5S. The van der Waals surface area contributed by atoms with Crippen LogP contribution in [-0.4, -0.2) is 51.4 Å². The minimum absolute atomic E-state index is 0.0146. The Kier molecular flexibility index (Phi) is 12.1. The van der Waals surface area contributed by atoms with E-state index in [2.05, 4.69) is 5.32 Å². The lowest BCUT2D eigenvalue weighted by Gasteiger charge is -2.34. The number of hydrogen-bond donors (Lipinski definition) is 1. The van der Waals surface area contributed by atoms with Gasteiger partial charge < -0.3 is 15.0 Å². The summed E-state index contributed by atoms with van der Waals surface area (Å²) >= 11 is 12.5. The molecule has 46 heavy (non-hydrogen) atoms. The first-order valence-corrected chi connectivity index (χ1v) is 17.0. The molecule has 1 N–H and O–H groups in total. The average molecular weight is 683 g/mol. The number of hydrogen-bond acceptors (Lipinski definition) is 5. The number of nitrogens with one attached hydrogen (secondary N) is 1. The third kappa shape index (κ3) is 8.81. The molecule has 0 aliphatic heterocycles. The summed E-state index contributed by atoms with van der Waals surface area (Å²) in [5.41, 5.74) is 2.70. The number of halogens is 2. The molecule has 11 heteroatoms. The highest BCUT2D eigenvalue weighted by Crippen LogP contribution is 2.28. The monoisotopic (exact) mass is 681 g/mol. The van der Waals surface area contributed by atoms with E-state index in [0.717, 1.165) is 15.4 Å². The second kappa shape index (κ2) is 16.0. The molecule has 1 atom stereocenters.